The van der Waals surface area contributed by atoms with Gasteiger partial charge in [-0.2, -0.15) is 0 Å². The smallest absolute Gasteiger partial charge is 0.408 e. The predicted octanol–water partition coefficient (Wildman–Crippen LogP) is 2.19. The molecule has 1 aromatic carbocycles. The third-order valence-electron chi connectivity index (χ3n) is 3.26. The minimum atomic E-state index is -0.453. The van der Waals surface area contributed by atoms with Crippen LogP contribution in [0.25, 0.3) is 11.1 Å². The number of nitrogens with two attached hydrogens (primary N) is 1. The third-order valence-corrected chi connectivity index (χ3v) is 3.26. The fourth-order valence-electron chi connectivity index (χ4n) is 2.03. The maximum atomic E-state index is 11.1. The van der Waals surface area contributed by atoms with Crippen molar-refractivity contribution >= 4 is 22.5 Å². The lowest BCUT2D eigenvalue weighted by Gasteiger charge is -2.24. The third kappa shape index (κ3) is 2.34. The zero-order valence-corrected chi connectivity index (χ0v) is 11.0. The van der Waals surface area contributed by atoms with Crippen molar-refractivity contribution in [3.8, 4) is 0 Å². The number of nitrogens with zero attached hydrogens (tertiary/aromatic N) is 1. The van der Waals surface area contributed by atoms with Crippen LogP contribution in [-0.2, 0) is 0 Å². The molecule has 2 rings (SSSR count). The Balaban J connectivity index is 2.37. The summed E-state index contributed by atoms with van der Waals surface area (Å²) in [4.78, 5) is 15.9. The number of H-pyrrole nitrogens is 1. The fraction of sp³-hybridized carbons (Fsp3) is 0.462. The second kappa shape index (κ2) is 4.76. The number of hydrogen-bond donors (Lipinski definition) is 2. The summed E-state index contributed by atoms with van der Waals surface area (Å²) in [5.74, 6) is 0.139. The molecule has 1 aromatic heterocycles. The topological polar surface area (TPSA) is 75.3 Å². The first-order valence-electron chi connectivity index (χ1n) is 6.14. The van der Waals surface area contributed by atoms with Gasteiger partial charge in [-0.25, -0.2) is 4.79 Å². The minimum Gasteiger partial charge on any atom is -0.408 e. The highest BCUT2D eigenvalue weighted by Gasteiger charge is 2.12. The molecule has 5 heteroatoms. The van der Waals surface area contributed by atoms with Crippen LogP contribution < -0.4 is 16.4 Å². The SMILES string of the molecule is CCC(C)CN(C)c1cc2[nH]c(=O)oc2cc1N. The van der Waals surface area contributed by atoms with Crippen molar-refractivity contribution < 1.29 is 4.42 Å². The summed E-state index contributed by atoms with van der Waals surface area (Å²) < 4.78 is 4.98. The highest BCUT2D eigenvalue weighted by molar-refractivity contribution is 5.85. The lowest BCUT2D eigenvalue weighted by molar-refractivity contribution is 0.555. The number of benzene rings is 1. The monoisotopic (exact) mass is 249 g/mol. The Morgan fingerprint density at radius 2 is 2.22 bits per heavy atom. The van der Waals surface area contributed by atoms with Gasteiger partial charge >= 0.3 is 5.76 Å². The van der Waals surface area contributed by atoms with Gasteiger partial charge in [0.15, 0.2) is 5.58 Å². The molecule has 0 aliphatic heterocycles. The Morgan fingerprint density at radius 1 is 1.50 bits per heavy atom. The molecule has 3 N–H and O–H groups in total. The summed E-state index contributed by atoms with van der Waals surface area (Å²) in [5.41, 5.74) is 8.71. The molecule has 0 amide bonds. The number of hydrogen-bond acceptors (Lipinski definition) is 4. The maximum Gasteiger partial charge on any atom is 0.417 e. The summed E-state index contributed by atoms with van der Waals surface area (Å²) in [6.07, 6.45) is 1.12. The number of rotatable bonds is 4. The lowest BCUT2D eigenvalue weighted by Crippen LogP contribution is -2.24. The zero-order valence-electron chi connectivity index (χ0n) is 11.0. The Kier molecular flexibility index (Phi) is 3.32. The summed E-state index contributed by atoms with van der Waals surface area (Å²) in [6, 6.07) is 3.55. The van der Waals surface area contributed by atoms with Crippen LogP contribution in [0, 0.1) is 5.92 Å². The van der Waals surface area contributed by atoms with Gasteiger partial charge in [-0.15, -0.1) is 0 Å². The van der Waals surface area contributed by atoms with Crippen molar-refractivity contribution in [3.63, 3.8) is 0 Å². The molecule has 2 aromatic rings. The second-order valence-electron chi connectivity index (χ2n) is 4.82. The average molecular weight is 249 g/mol. The van der Waals surface area contributed by atoms with Crippen molar-refractivity contribution in [1.29, 1.82) is 0 Å². The van der Waals surface area contributed by atoms with E-state index in [1.165, 1.54) is 0 Å². The quantitative estimate of drug-likeness (QED) is 0.814. The number of nitrogens with one attached hydrogen (secondary N) is 1. The van der Waals surface area contributed by atoms with E-state index in [9.17, 15) is 4.79 Å². The van der Waals surface area contributed by atoms with E-state index in [0.717, 1.165) is 18.7 Å². The number of aromatic amines is 1. The molecule has 98 valence electrons. The Hall–Kier alpha value is -1.91. The van der Waals surface area contributed by atoms with E-state index >= 15 is 0 Å². The zero-order chi connectivity index (χ0) is 13.3. The molecular formula is C13H19N3O2. The second-order valence-corrected chi connectivity index (χ2v) is 4.82. The number of fused-ring (bicyclic) bond motifs is 1. The summed E-state index contributed by atoms with van der Waals surface area (Å²) in [7, 11) is 2.00. The van der Waals surface area contributed by atoms with Gasteiger partial charge in [0.1, 0.15) is 0 Å². The number of anilines is 2. The normalized spacial score (nSPS) is 12.8. The summed E-state index contributed by atoms with van der Waals surface area (Å²) >= 11 is 0. The number of aromatic nitrogens is 1. The molecule has 1 unspecified atom stereocenters. The molecule has 0 spiro atoms. The minimum absolute atomic E-state index is 0.453. The van der Waals surface area contributed by atoms with Gasteiger partial charge in [-0.3, -0.25) is 4.98 Å². The van der Waals surface area contributed by atoms with Crippen LogP contribution in [0.4, 0.5) is 11.4 Å². The lowest BCUT2D eigenvalue weighted by atomic mass is 10.1. The van der Waals surface area contributed by atoms with Crippen LogP contribution in [0.3, 0.4) is 0 Å². The van der Waals surface area contributed by atoms with E-state index in [4.69, 9.17) is 10.2 Å². The molecule has 0 fully saturated rings. The van der Waals surface area contributed by atoms with Crippen molar-refractivity contribution in [1.82, 2.24) is 4.98 Å². The van der Waals surface area contributed by atoms with Gasteiger partial charge in [-0.05, 0) is 12.0 Å². The maximum absolute atomic E-state index is 11.1. The molecule has 0 aliphatic rings. The van der Waals surface area contributed by atoms with Crippen LogP contribution in [0.5, 0.6) is 0 Å². The number of nitrogen functional groups attached to an aromatic ring is 1. The molecule has 0 saturated heterocycles. The van der Waals surface area contributed by atoms with Crippen molar-refractivity contribution in [2.24, 2.45) is 5.92 Å². The summed E-state index contributed by atoms with van der Waals surface area (Å²) in [6.45, 7) is 5.29. The molecule has 0 aliphatic carbocycles. The van der Waals surface area contributed by atoms with E-state index in [1.54, 1.807) is 6.07 Å². The molecule has 0 saturated carbocycles. The molecule has 0 bridgehead atoms. The molecule has 18 heavy (non-hydrogen) atoms. The van der Waals surface area contributed by atoms with Crippen LogP contribution >= 0.6 is 0 Å². The predicted molar refractivity (Wildman–Crippen MR) is 74.0 cm³/mol. The summed E-state index contributed by atoms with van der Waals surface area (Å²) in [5, 5.41) is 0. The first-order chi connectivity index (χ1) is 8.51. The van der Waals surface area contributed by atoms with Crippen molar-refractivity contribution in [2.75, 3.05) is 24.2 Å². The van der Waals surface area contributed by atoms with Crippen molar-refractivity contribution in [3.05, 3.63) is 22.7 Å². The molecule has 1 atom stereocenters. The van der Waals surface area contributed by atoms with Gasteiger partial charge in [0.05, 0.1) is 16.9 Å². The van der Waals surface area contributed by atoms with Gasteiger partial charge in [0.25, 0.3) is 0 Å². The van der Waals surface area contributed by atoms with E-state index in [-0.39, 0.29) is 0 Å². The highest BCUT2D eigenvalue weighted by atomic mass is 16.4. The number of oxazole rings is 1. The Morgan fingerprint density at radius 3 is 2.89 bits per heavy atom. The van der Waals surface area contributed by atoms with Crippen LogP contribution in [0.1, 0.15) is 20.3 Å². The van der Waals surface area contributed by atoms with Gasteiger partial charge in [-0.1, -0.05) is 20.3 Å². The van der Waals surface area contributed by atoms with Gasteiger partial charge in [0.2, 0.25) is 0 Å². The van der Waals surface area contributed by atoms with Gasteiger partial charge < -0.3 is 15.1 Å². The molecule has 1 heterocycles. The standard InChI is InChI=1S/C13H19N3O2/c1-4-8(2)7-16(3)11-6-10-12(5-9(11)14)18-13(17)15-10/h5-6,8H,4,7,14H2,1-3H3,(H,15,17). The van der Waals surface area contributed by atoms with E-state index in [2.05, 4.69) is 23.7 Å². The Bertz CT molecular complexity index is 600. The van der Waals surface area contributed by atoms with E-state index < -0.39 is 5.76 Å². The largest absolute Gasteiger partial charge is 0.417 e. The van der Waals surface area contributed by atoms with Crippen LogP contribution in [0.2, 0.25) is 0 Å². The molecular weight excluding hydrogens is 230 g/mol. The molecule has 5 nitrogen and oxygen atoms in total. The fourth-order valence-corrected chi connectivity index (χ4v) is 2.03. The Labute approximate surface area is 106 Å². The van der Waals surface area contributed by atoms with Crippen LogP contribution in [0.15, 0.2) is 21.3 Å². The van der Waals surface area contributed by atoms with E-state index in [1.807, 2.05) is 13.1 Å². The van der Waals surface area contributed by atoms with E-state index in [0.29, 0.717) is 22.7 Å². The first-order valence-corrected chi connectivity index (χ1v) is 6.14. The highest BCUT2D eigenvalue weighted by Crippen LogP contribution is 2.27. The molecule has 0 radical (unpaired) electrons. The van der Waals surface area contributed by atoms with Crippen LogP contribution in [-0.4, -0.2) is 18.6 Å². The first kappa shape index (κ1) is 12.5. The van der Waals surface area contributed by atoms with Crippen molar-refractivity contribution in [2.45, 2.75) is 20.3 Å². The van der Waals surface area contributed by atoms with Gasteiger partial charge in [0, 0.05) is 19.7 Å². The average Bonchev–Trinajstić information content (AvgIpc) is 2.66.